The fourth-order valence-corrected chi connectivity index (χ4v) is 3.82. The Morgan fingerprint density at radius 2 is 1.91 bits per heavy atom. The zero-order chi connectivity index (χ0) is 15.8. The summed E-state index contributed by atoms with van der Waals surface area (Å²) in [6.45, 7) is 0. The zero-order valence-corrected chi connectivity index (χ0v) is 13.5. The van der Waals surface area contributed by atoms with E-state index in [4.69, 9.17) is 15.9 Å². The van der Waals surface area contributed by atoms with E-state index >= 15 is 0 Å². The van der Waals surface area contributed by atoms with Gasteiger partial charge in [0.25, 0.3) is 0 Å². The number of fused-ring (bicyclic) bond motifs is 1. The minimum atomic E-state index is 0.0995. The molecule has 116 valence electrons. The van der Waals surface area contributed by atoms with Crippen molar-refractivity contribution in [2.75, 3.05) is 0 Å². The van der Waals surface area contributed by atoms with Crippen molar-refractivity contribution in [3.63, 3.8) is 0 Å². The van der Waals surface area contributed by atoms with Crippen molar-refractivity contribution in [1.29, 1.82) is 5.41 Å². The average molecular weight is 322 g/mol. The Hall–Kier alpha value is -2.33. The molecular formula is C19H18N2OS. The van der Waals surface area contributed by atoms with Crippen LogP contribution in [0.15, 0.2) is 54.6 Å². The Morgan fingerprint density at radius 1 is 1.13 bits per heavy atom. The first-order valence-corrected chi connectivity index (χ1v) is 8.62. The summed E-state index contributed by atoms with van der Waals surface area (Å²) in [6, 6.07) is 18.5. The quantitative estimate of drug-likeness (QED) is 0.527. The Morgan fingerprint density at radius 3 is 2.61 bits per heavy atom. The van der Waals surface area contributed by atoms with Gasteiger partial charge in [-0.05, 0) is 36.6 Å². The van der Waals surface area contributed by atoms with Crippen LogP contribution in [0.5, 0.6) is 5.75 Å². The van der Waals surface area contributed by atoms with Crippen molar-refractivity contribution in [1.82, 2.24) is 0 Å². The van der Waals surface area contributed by atoms with E-state index in [9.17, 15) is 0 Å². The lowest BCUT2D eigenvalue weighted by Crippen LogP contribution is -2.10. The second kappa shape index (κ2) is 5.70. The van der Waals surface area contributed by atoms with Crippen LogP contribution < -0.4 is 10.5 Å². The molecule has 3 N–H and O–H groups in total. The van der Waals surface area contributed by atoms with Crippen LogP contribution in [0.25, 0.3) is 10.1 Å². The van der Waals surface area contributed by atoms with E-state index in [2.05, 4.69) is 24.3 Å². The molecule has 1 aromatic heterocycles. The Balaban J connectivity index is 1.72. The Kier molecular flexibility index (Phi) is 3.54. The molecule has 0 bridgehead atoms. The molecule has 1 fully saturated rings. The average Bonchev–Trinajstić information content (AvgIpc) is 3.30. The van der Waals surface area contributed by atoms with Crippen LogP contribution in [-0.4, -0.2) is 5.84 Å². The summed E-state index contributed by atoms with van der Waals surface area (Å²) < 4.78 is 7.53. The van der Waals surface area contributed by atoms with Gasteiger partial charge >= 0.3 is 0 Å². The molecule has 1 aliphatic carbocycles. The number of nitrogens with two attached hydrogens (primary N) is 1. The number of nitrogens with one attached hydrogen (secondary N) is 1. The molecule has 0 saturated heterocycles. The second-order valence-electron chi connectivity index (χ2n) is 5.98. The molecule has 0 amide bonds. The number of rotatable bonds is 5. The van der Waals surface area contributed by atoms with Gasteiger partial charge in [-0.1, -0.05) is 36.4 Å². The topological polar surface area (TPSA) is 59.1 Å². The fourth-order valence-electron chi connectivity index (χ4n) is 2.88. The van der Waals surface area contributed by atoms with Crippen LogP contribution >= 0.6 is 11.3 Å². The lowest BCUT2D eigenvalue weighted by atomic mass is 10.1. The summed E-state index contributed by atoms with van der Waals surface area (Å²) in [6.07, 6.45) is 2.54. The lowest BCUT2D eigenvalue weighted by molar-refractivity contribution is 0.184. The highest BCUT2D eigenvalue weighted by molar-refractivity contribution is 7.20. The van der Waals surface area contributed by atoms with Gasteiger partial charge in [0.05, 0.1) is 4.88 Å². The third kappa shape index (κ3) is 2.82. The smallest absolute Gasteiger partial charge is 0.133 e. The Labute approximate surface area is 139 Å². The normalized spacial score (nSPS) is 15.5. The highest BCUT2D eigenvalue weighted by Crippen LogP contribution is 2.45. The largest absolute Gasteiger partial charge is 0.485 e. The number of nitrogen functional groups attached to an aromatic ring is 1. The summed E-state index contributed by atoms with van der Waals surface area (Å²) in [4.78, 5) is 0.790. The predicted molar refractivity (Wildman–Crippen MR) is 95.4 cm³/mol. The van der Waals surface area contributed by atoms with E-state index in [1.165, 1.54) is 29.7 Å². The van der Waals surface area contributed by atoms with Gasteiger partial charge in [-0.25, -0.2) is 0 Å². The van der Waals surface area contributed by atoms with Crippen LogP contribution in [0.3, 0.4) is 0 Å². The van der Waals surface area contributed by atoms with Gasteiger partial charge in [0.1, 0.15) is 17.7 Å². The standard InChI is InChI=1S/C19H18N2OS/c20-19(21)17-11-14-15(7-4-8-16(14)23-17)22-18(13-9-10-13)12-5-2-1-3-6-12/h1-8,11,13,18H,9-10H2,(H3,20,21). The number of amidine groups is 1. The molecule has 1 unspecified atom stereocenters. The van der Waals surface area contributed by atoms with E-state index in [0.717, 1.165) is 20.7 Å². The molecule has 4 rings (SSSR count). The van der Waals surface area contributed by atoms with Crippen LogP contribution in [0.4, 0.5) is 0 Å². The van der Waals surface area contributed by atoms with Gasteiger partial charge in [0.2, 0.25) is 0 Å². The molecule has 0 aliphatic heterocycles. The van der Waals surface area contributed by atoms with Crippen LogP contribution in [0.1, 0.15) is 29.4 Å². The molecule has 1 saturated carbocycles. The molecule has 1 aliphatic rings. The van der Waals surface area contributed by atoms with Crippen molar-refractivity contribution in [2.24, 2.45) is 11.7 Å². The summed E-state index contributed by atoms with van der Waals surface area (Å²) in [5, 5.41) is 8.69. The summed E-state index contributed by atoms with van der Waals surface area (Å²) in [5.41, 5.74) is 6.86. The van der Waals surface area contributed by atoms with Crippen LogP contribution in [-0.2, 0) is 0 Å². The molecule has 1 heterocycles. The van der Waals surface area contributed by atoms with E-state index in [-0.39, 0.29) is 11.9 Å². The maximum Gasteiger partial charge on any atom is 0.133 e. The minimum Gasteiger partial charge on any atom is -0.485 e. The number of hydrogen-bond acceptors (Lipinski definition) is 3. The SMILES string of the molecule is N=C(N)c1cc2c(OC(c3ccccc3)C3CC3)cccc2s1. The van der Waals surface area contributed by atoms with Gasteiger partial charge in [-0.2, -0.15) is 0 Å². The van der Waals surface area contributed by atoms with Crippen molar-refractivity contribution in [3.05, 3.63) is 65.0 Å². The van der Waals surface area contributed by atoms with Gasteiger partial charge in [-0.15, -0.1) is 11.3 Å². The third-order valence-corrected chi connectivity index (χ3v) is 5.35. The number of ether oxygens (including phenoxy) is 1. The monoisotopic (exact) mass is 322 g/mol. The van der Waals surface area contributed by atoms with Gasteiger partial charge in [0, 0.05) is 16.0 Å². The van der Waals surface area contributed by atoms with Crippen LogP contribution in [0, 0.1) is 11.3 Å². The summed E-state index contributed by atoms with van der Waals surface area (Å²) in [5.74, 6) is 1.59. The molecule has 23 heavy (non-hydrogen) atoms. The van der Waals surface area contributed by atoms with Crippen LogP contribution in [0.2, 0.25) is 0 Å². The van der Waals surface area contributed by atoms with Gasteiger partial charge in [0.15, 0.2) is 0 Å². The molecule has 2 aromatic carbocycles. The van der Waals surface area contributed by atoms with E-state index < -0.39 is 0 Å². The molecule has 0 spiro atoms. The first-order chi connectivity index (χ1) is 11.2. The van der Waals surface area contributed by atoms with Gasteiger partial charge < -0.3 is 10.5 Å². The van der Waals surface area contributed by atoms with Crippen molar-refractivity contribution < 1.29 is 4.74 Å². The third-order valence-electron chi connectivity index (χ3n) is 4.22. The second-order valence-corrected chi connectivity index (χ2v) is 7.06. The summed E-state index contributed by atoms with van der Waals surface area (Å²) in [7, 11) is 0. The maximum atomic E-state index is 7.64. The molecule has 3 nitrogen and oxygen atoms in total. The van der Waals surface area contributed by atoms with Crippen molar-refractivity contribution in [3.8, 4) is 5.75 Å². The Bertz CT molecular complexity index is 852. The van der Waals surface area contributed by atoms with E-state index in [1.54, 1.807) is 0 Å². The number of hydrogen-bond donors (Lipinski definition) is 2. The minimum absolute atomic E-state index is 0.0995. The fraction of sp³-hybridized carbons (Fsp3) is 0.211. The highest BCUT2D eigenvalue weighted by Gasteiger charge is 2.34. The maximum absolute atomic E-state index is 7.64. The molecule has 1 atom stereocenters. The molecule has 0 radical (unpaired) electrons. The zero-order valence-electron chi connectivity index (χ0n) is 12.7. The van der Waals surface area contributed by atoms with Crippen molar-refractivity contribution in [2.45, 2.75) is 18.9 Å². The predicted octanol–water partition coefficient (Wildman–Crippen LogP) is 4.72. The molecule has 4 heteroatoms. The van der Waals surface area contributed by atoms with Gasteiger partial charge in [-0.3, -0.25) is 5.41 Å². The lowest BCUT2D eigenvalue weighted by Gasteiger charge is -2.20. The number of thiophene rings is 1. The molecule has 3 aromatic rings. The van der Waals surface area contributed by atoms with E-state index in [1.807, 2.05) is 30.3 Å². The number of benzene rings is 2. The highest BCUT2D eigenvalue weighted by atomic mass is 32.1. The van der Waals surface area contributed by atoms with Crippen molar-refractivity contribution >= 4 is 27.3 Å². The first-order valence-electron chi connectivity index (χ1n) is 7.81. The first kappa shape index (κ1) is 14.3. The molecular weight excluding hydrogens is 304 g/mol. The van der Waals surface area contributed by atoms with E-state index in [0.29, 0.717) is 5.92 Å². The summed E-state index contributed by atoms with van der Waals surface area (Å²) >= 11 is 1.54.